The topological polar surface area (TPSA) is 72.8 Å². The lowest BCUT2D eigenvalue weighted by Gasteiger charge is -2.24. The van der Waals surface area contributed by atoms with E-state index in [0.717, 1.165) is 0 Å². The zero-order valence-electron chi connectivity index (χ0n) is 8.06. The van der Waals surface area contributed by atoms with E-state index < -0.39 is 12.1 Å². The maximum atomic E-state index is 11.2. The van der Waals surface area contributed by atoms with E-state index in [1.54, 1.807) is 6.92 Å². The van der Waals surface area contributed by atoms with Crippen molar-refractivity contribution in [3.8, 4) is 0 Å². The first-order valence-electron chi connectivity index (χ1n) is 4.66. The molecule has 1 rings (SSSR count). The third-order valence-corrected chi connectivity index (χ3v) is 2.17. The van der Waals surface area contributed by atoms with Crippen molar-refractivity contribution in [3.63, 3.8) is 0 Å². The van der Waals surface area contributed by atoms with E-state index in [4.69, 9.17) is 14.6 Å². The van der Waals surface area contributed by atoms with Crippen LogP contribution in [0.4, 0.5) is 0 Å². The Morgan fingerprint density at radius 1 is 1.50 bits per heavy atom. The van der Waals surface area contributed by atoms with Gasteiger partial charge in [-0.1, -0.05) is 0 Å². The van der Waals surface area contributed by atoms with Gasteiger partial charge in [0.2, 0.25) is 0 Å². The van der Waals surface area contributed by atoms with Gasteiger partial charge < -0.3 is 14.6 Å². The summed E-state index contributed by atoms with van der Waals surface area (Å²) in [5.74, 6) is -1.56. The van der Waals surface area contributed by atoms with Crippen LogP contribution in [0.3, 0.4) is 0 Å². The first kappa shape index (κ1) is 11.0. The Labute approximate surface area is 82.0 Å². The molecule has 1 aliphatic rings. The highest BCUT2D eigenvalue weighted by Crippen LogP contribution is 2.20. The van der Waals surface area contributed by atoms with Gasteiger partial charge in [-0.05, 0) is 19.8 Å². The lowest BCUT2D eigenvalue weighted by atomic mass is 9.99. The minimum absolute atomic E-state index is 0.149. The van der Waals surface area contributed by atoms with Crippen LogP contribution in [0.1, 0.15) is 19.8 Å². The van der Waals surface area contributed by atoms with Crippen molar-refractivity contribution in [1.82, 2.24) is 0 Å². The van der Waals surface area contributed by atoms with Crippen molar-refractivity contribution in [2.45, 2.75) is 25.9 Å². The molecule has 0 aromatic carbocycles. The largest absolute Gasteiger partial charge is 0.479 e. The van der Waals surface area contributed by atoms with Crippen LogP contribution in [0.25, 0.3) is 0 Å². The number of hydrogen-bond acceptors (Lipinski definition) is 4. The quantitative estimate of drug-likeness (QED) is 0.672. The van der Waals surface area contributed by atoms with Gasteiger partial charge in [0.25, 0.3) is 0 Å². The summed E-state index contributed by atoms with van der Waals surface area (Å²) < 4.78 is 9.83. The number of carboxylic acids is 1. The lowest BCUT2D eigenvalue weighted by Crippen LogP contribution is -2.35. The van der Waals surface area contributed by atoms with Gasteiger partial charge in [0.05, 0.1) is 19.1 Å². The number of rotatable bonds is 3. The molecule has 14 heavy (non-hydrogen) atoms. The van der Waals surface area contributed by atoms with Gasteiger partial charge in [-0.2, -0.15) is 0 Å². The Morgan fingerprint density at radius 3 is 2.64 bits per heavy atom. The van der Waals surface area contributed by atoms with E-state index in [0.29, 0.717) is 19.4 Å². The number of carboxylic acid groups (broad SMARTS) is 1. The Morgan fingerprint density at radius 2 is 2.21 bits per heavy atom. The van der Waals surface area contributed by atoms with Crippen LogP contribution in [0, 0.1) is 5.92 Å². The molecular weight excluding hydrogens is 188 g/mol. The minimum atomic E-state index is -0.965. The van der Waals surface area contributed by atoms with E-state index in [9.17, 15) is 9.59 Å². The van der Waals surface area contributed by atoms with E-state index >= 15 is 0 Å². The molecule has 1 fully saturated rings. The maximum absolute atomic E-state index is 11.2. The molecule has 0 radical (unpaired) electrons. The summed E-state index contributed by atoms with van der Waals surface area (Å²) in [4.78, 5) is 21.7. The molecule has 1 saturated heterocycles. The van der Waals surface area contributed by atoms with Crippen molar-refractivity contribution in [2.75, 3.05) is 13.2 Å². The summed E-state index contributed by atoms with van der Waals surface area (Å²) in [6.07, 6.45) is 0.134. The molecular formula is C9H14O5. The van der Waals surface area contributed by atoms with Crippen molar-refractivity contribution in [3.05, 3.63) is 0 Å². The molecule has 1 aliphatic heterocycles. The molecule has 2 atom stereocenters. The SMILES string of the molecule is CCOC(=O)C1CCC(C(=O)O)OC1. The van der Waals surface area contributed by atoms with Gasteiger partial charge in [0.15, 0.2) is 6.10 Å². The summed E-state index contributed by atoms with van der Waals surface area (Å²) in [6, 6.07) is 0. The molecule has 0 saturated carbocycles. The van der Waals surface area contributed by atoms with Gasteiger partial charge in [-0.25, -0.2) is 4.79 Å². The first-order chi connectivity index (χ1) is 6.65. The highest BCUT2D eigenvalue weighted by Gasteiger charge is 2.31. The molecule has 0 spiro atoms. The molecule has 0 aliphatic carbocycles. The monoisotopic (exact) mass is 202 g/mol. The molecule has 0 bridgehead atoms. The molecule has 1 heterocycles. The van der Waals surface area contributed by atoms with E-state index in [1.165, 1.54) is 0 Å². The molecule has 5 heteroatoms. The van der Waals surface area contributed by atoms with Crippen LogP contribution in [0.15, 0.2) is 0 Å². The molecule has 5 nitrogen and oxygen atoms in total. The summed E-state index contributed by atoms with van der Waals surface area (Å²) >= 11 is 0. The molecule has 0 amide bonds. The van der Waals surface area contributed by atoms with Gasteiger partial charge in [0.1, 0.15) is 0 Å². The lowest BCUT2D eigenvalue weighted by molar-refractivity contribution is -0.164. The fraction of sp³-hybridized carbons (Fsp3) is 0.778. The fourth-order valence-corrected chi connectivity index (χ4v) is 1.39. The predicted octanol–water partition coefficient (Wildman–Crippen LogP) is 0.429. The van der Waals surface area contributed by atoms with Crippen LogP contribution in [0.2, 0.25) is 0 Å². The highest BCUT2D eigenvalue weighted by molar-refractivity contribution is 5.75. The molecule has 0 aromatic heterocycles. The molecule has 1 N–H and O–H groups in total. The number of ether oxygens (including phenoxy) is 2. The normalized spacial score (nSPS) is 26.9. The summed E-state index contributed by atoms with van der Waals surface area (Å²) in [6.45, 7) is 2.23. The van der Waals surface area contributed by atoms with Crippen LogP contribution in [0.5, 0.6) is 0 Å². The number of esters is 1. The van der Waals surface area contributed by atoms with Gasteiger partial charge in [-0.15, -0.1) is 0 Å². The standard InChI is InChI=1S/C9H14O5/c1-2-13-9(12)6-3-4-7(8(10)11)14-5-6/h6-7H,2-5H2,1H3,(H,10,11). The second kappa shape index (κ2) is 4.95. The Hall–Kier alpha value is -1.10. The molecule has 2 unspecified atom stereocenters. The Bertz CT molecular complexity index is 217. The second-order valence-electron chi connectivity index (χ2n) is 3.19. The van der Waals surface area contributed by atoms with Gasteiger partial charge in [-0.3, -0.25) is 4.79 Å². The smallest absolute Gasteiger partial charge is 0.332 e. The van der Waals surface area contributed by atoms with Crippen LogP contribution >= 0.6 is 0 Å². The van der Waals surface area contributed by atoms with Crippen LogP contribution < -0.4 is 0 Å². The fourth-order valence-electron chi connectivity index (χ4n) is 1.39. The Kier molecular flexibility index (Phi) is 3.88. The van der Waals surface area contributed by atoms with Crippen LogP contribution in [-0.2, 0) is 19.1 Å². The average Bonchev–Trinajstić information content (AvgIpc) is 2.18. The molecule has 0 aromatic rings. The number of aliphatic carboxylic acids is 1. The summed E-state index contributed by atoms with van der Waals surface area (Å²) in [5, 5.41) is 8.63. The van der Waals surface area contributed by atoms with Crippen molar-refractivity contribution in [1.29, 1.82) is 0 Å². The third-order valence-electron chi connectivity index (χ3n) is 2.17. The zero-order valence-corrected chi connectivity index (χ0v) is 8.06. The van der Waals surface area contributed by atoms with Crippen molar-refractivity contribution in [2.24, 2.45) is 5.92 Å². The van der Waals surface area contributed by atoms with Gasteiger partial charge in [0, 0.05) is 0 Å². The van der Waals surface area contributed by atoms with Crippen molar-refractivity contribution < 1.29 is 24.2 Å². The summed E-state index contributed by atoms with van der Waals surface area (Å²) in [5.41, 5.74) is 0. The van der Waals surface area contributed by atoms with Crippen LogP contribution in [-0.4, -0.2) is 36.4 Å². The van der Waals surface area contributed by atoms with E-state index in [-0.39, 0.29) is 18.5 Å². The minimum Gasteiger partial charge on any atom is -0.479 e. The summed E-state index contributed by atoms with van der Waals surface area (Å²) in [7, 11) is 0. The zero-order chi connectivity index (χ0) is 10.6. The maximum Gasteiger partial charge on any atom is 0.332 e. The predicted molar refractivity (Wildman–Crippen MR) is 46.7 cm³/mol. The highest BCUT2D eigenvalue weighted by atomic mass is 16.5. The van der Waals surface area contributed by atoms with E-state index in [1.807, 2.05) is 0 Å². The number of carbonyl (C=O) groups is 2. The van der Waals surface area contributed by atoms with Gasteiger partial charge >= 0.3 is 11.9 Å². The Balaban J connectivity index is 2.35. The third kappa shape index (κ3) is 2.70. The molecule has 80 valence electrons. The van der Waals surface area contributed by atoms with Crippen molar-refractivity contribution >= 4 is 11.9 Å². The number of carbonyl (C=O) groups excluding carboxylic acids is 1. The second-order valence-corrected chi connectivity index (χ2v) is 3.19. The van der Waals surface area contributed by atoms with E-state index in [2.05, 4.69) is 0 Å². The first-order valence-corrected chi connectivity index (χ1v) is 4.66. The number of hydrogen-bond donors (Lipinski definition) is 1. The average molecular weight is 202 g/mol.